The van der Waals surface area contributed by atoms with Gasteiger partial charge in [0.1, 0.15) is 0 Å². The number of halogens is 2. The molecule has 0 saturated heterocycles. The number of allylic oxidation sites excluding steroid dienone is 2. The molecule has 0 amide bonds. The van der Waals surface area contributed by atoms with Crippen LogP contribution in [0.25, 0.3) is 18.2 Å². The first-order valence-electron chi connectivity index (χ1n) is 14.4. The number of rotatable bonds is 9. The van der Waals surface area contributed by atoms with E-state index in [2.05, 4.69) is 120 Å². The third-order valence-corrected chi connectivity index (χ3v) is 9.56. The smallest absolute Gasteiger partial charge is 0.0859 e. The van der Waals surface area contributed by atoms with E-state index in [1.54, 1.807) is 0 Å². The SMILES string of the molecule is CCC1=C(C)/C(=C/c2[nH]c(Br)c(CC)c2CC)N=C1/C=c1\[nH]/c(=C\c2[nH]c(Br)c(CC)c2CC)c(C)c1CC. The molecule has 3 aromatic rings. The Labute approximate surface area is 250 Å². The molecule has 39 heavy (non-hydrogen) atoms. The summed E-state index contributed by atoms with van der Waals surface area (Å²) in [6, 6.07) is 0. The van der Waals surface area contributed by atoms with E-state index in [1.165, 1.54) is 50.2 Å². The van der Waals surface area contributed by atoms with Gasteiger partial charge >= 0.3 is 0 Å². The molecule has 0 spiro atoms. The van der Waals surface area contributed by atoms with Crippen LogP contribution in [0, 0.1) is 6.92 Å². The second-order valence-electron chi connectivity index (χ2n) is 10.2. The summed E-state index contributed by atoms with van der Waals surface area (Å²) in [5.41, 5.74) is 15.2. The molecule has 3 aromatic heterocycles. The molecule has 0 saturated carbocycles. The molecule has 1 aliphatic rings. The number of hydrogen-bond acceptors (Lipinski definition) is 1. The van der Waals surface area contributed by atoms with Crippen molar-refractivity contribution in [2.45, 2.75) is 93.9 Å². The summed E-state index contributed by atoms with van der Waals surface area (Å²) in [5, 5.41) is 2.32. The molecular formula is C33H42Br2N4. The fourth-order valence-corrected chi connectivity index (χ4v) is 7.54. The Balaban J connectivity index is 1.85. The van der Waals surface area contributed by atoms with E-state index in [0.29, 0.717) is 0 Å². The summed E-state index contributed by atoms with van der Waals surface area (Å²) < 4.78 is 2.18. The van der Waals surface area contributed by atoms with E-state index < -0.39 is 0 Å². The molecule has 3 N–H and O–H groups in total. The highest BCUT2D eigenvalue weighted by Crippen LogP contribution is 2.32. The molecule has 0 fully saturated rings. The molecular weight excluding hydrogens is 612 g/mol. The summed E-state index contributed by atoms with van der Waals surface area (Å²) in [6.45, 7) is 17.8. The van der Waals surface area contributed by atoms with Crippen LogP contribution in [-0.4, -0.2) is 20.7 Å². The lowest BCUT2D eigenvalue weighted by Crippen LogP contribution is -2.15. The lowest BCUT2D eigenvalue weighted by molar-refractivity contribution is 1.05. The average Bonchev–Trinajstić information content (AvgIpc) is 3.59. The molecule has 0 aromatic carbocycles. The van der Waals surface area contributed by atoms with Crippen LogP contribution in [-0.2, 0) is 32.1 Å². The highest BCUT2D eigenvalue weighted by molar-refractivity contribution is 9.10. The van der Waals surface area contributed by atoms with Gasteiger partial charge < -0.3 is 15.0 Å². The molecule has 4 heterocycles. The molecule has 0 unspecified atom stereocenters. The summed E-state index contributed by atoms with van der Waals surface area (Å²) in [4.78, 5) is 16.0. The molecule has 208 valence electrons. The Bertz CT molecular complexity index is 1600. The number of nitrogens with zero attached hydrogens (tertiary/aromatic N) is 1. The van der Waals surface area contributed by atoms with E-state index >= 15 is 0 Å². The van der Waals surface area contributed by atoms with Crippen LogP contribution in [0.2, 0.25) is 0 Å². The van der Waals surface area contributed by atoms with Gasteiger partial charge in [-0.3, -0.25) is 0 Å². The fraction of sp³-hybridized carbons (Fsp3) is 0.424. The van der Waals surface area contributed by atoms with E-state index in [-0.39, 0.29) is 0 Å². The summed E-state index contributed by atoms with van der Waals surface area (Å²) in [7, 11) is 0. The van der Waals surface area contributed by atoms with Gasteiger partial charge in [-0.05, 0) is 147 Å². The Hall–Kier alpha value is -2.31. The van der Waals surface area contributed by atoms with Gasteiger partial charge in [0.25, 0.3) is 0 Å². The second-order valence-corrected chi connectivity index (χ2v) is 11.8. The van der Waals surface area contributed by atoms with Gasteiger partial charge in [-0.1, -0.05) is 41.5 Å². The van der Waals surface area contributed by atoms with Crippen LogP contribution in [0.1, 0.15) is 99.7 Å². The number of aliphatic imine (C=N–C) groups is 1. The summed E-state index contributed by atoms with van der Waals surface area (Å²) >= 11 is 7.47. The minimum atomic E-state index is 0.948. The van der Waals surface area contributed by atoms with Crippen molar-refractivity contribution < 1.29 is 0 Å². The van der Waals surface area contributed by atoms with Crippen LogP contribution in [0.15, 0.2) is 31.0 Å². The minimum Gasteiger partial charge on any atom is -0.355 e. The number of hydrogen-bond donors (Lipinski definition) is 3. The Morgan fingerprint density at radius 3 is 1.59 bits per heavy atom. The molecule has 4 rings (SSSR count). The van der Waals surface area contributed by atoms with Crippen LogP contribution >= 0.6 is 31.9 Å². The quantitative estimate of drug-likeness (QED) is 0.209. The average molecular weight is 655 g/mol. The van der Waals surface area contributed by atoms with Gasteiger partial charge in [0.05, 0.1) is 20.6 Å². The summed E-state index contributed by atoms with van der Waals surface area (Å²) in [5.74, 6) is 0. The largest absolute Gasteiger partial charge is 0.355 e. The number of nitrogens with one attached hydrogen (secondary N) is 3. The first-order chi connectivity index (χ1) is 18.7. The van der Waals surface area contributed by atoms with Gasteiger partial charge in [0.2, 0.25) is 0 Å². The first kappa shape index (κ1) is 29.7. The van der Waals surface area contributed by atoms with Crippen molar-refractivity contribution in [2.24, 2.45) is 4.99 Å². The standard InChI is InChI=1S/C33H42Br2N4/c1-9-20-18(7)26(15-30-22(11-3)24(13-5)32(34)38-30)36-28(20)17-29-21(10-2)19(8)27(37-29)16-31-23(12-4)25(14-6)33(35)39-31/h15-17,36,38-39H,9-14H2,1-8H3/b26-15-,27-16-,28-17-. The maximum absolute atomic E-state index is 5.17. The molecule has 0 atom stereocenters. The summed E-state index contributed by atoms with van der Waals surface area (Å²) in [6.07, 6.45) is 12.7. The molecule has 1 aliphatic heterocycles. The Morgan fingerprint density at radius 1 is 0.590 bits per heavy atom. The lowest BCUT2D eigenvalue weighted by Gasteiger charge is -2.02. The zero-order valence-corrected chi connectivity index (χ0v) is 27.8. The zero-order chi connectivity index (χ0) is 28.4. The predicted octanol–water partition coefficient (Wildman–Crippen LogP) is 8.15. The lowest BCUT2D eigenvalue weighted by atomic mass is 10.0. The number of aromatic nitrogens is 3. The van der Waals surface area contributed by atoms with Crippen molar-refractivity contribution in [1.29, 1.82) is 0 Å². The van der Waals surface area contributed by atoms with Crippen molar-refractivity contribution in [3.05, 3.63) is 81.5 Å². The van der Waals surface area contributed by atoms with Crippen LogP contribution in [0.4, 0.5) is 0 Å². The number of aromatic amines is 3. The van der Waals surface area contributed by atoms with Gasteiger partial charge in [0.15, 0.2) is 0 Å². The van der Waals surface area contributed by atoms with E-state index in [9.17, 15) is 0 Å². The highest BCUT2D eigenvalue weighted by Gasteiger charge is 2.20. The van der Waals surface area contributed by atoms with E-state index in [1.807, 2.05) is 0 Å². The van der Waals surface area contributed by atoms with Gasteiger partial charge in [0, 0.05) is 22.1 Å². The van der Waals surface area contributed by atoms with Gasteiger partial charge in [-0.2, -0.15) is 0 Å². The minimum absolute atomic E-state index is 0.948. The fourth-order valence-electron chi connectivity index (χ4n) is 6.07. The maximum atomic E-state index is 5.17. The normalized spacial score (nSPS) is 15.9. The molecule has 0 aliphatic carbocycles. The topological polar surface area (TPSA) is 59.7 Å². The van der Waals surface area contributed by atoms with E-state index in [0.717, 1.165) is 75.5 Å². The van der Waals surface area contributed by atoms with Crippen molar-refractivity contribution in [1.82, 2.24) is 15.0 Å². The van der Waals surface area contributed by atoms with Crippen molar-refractivity contribution in [3.8, 4) is 0 Å². The molecule has 0 bridgehead atoms. The van der Waals surface area contributed by atoms with Crippen LogP contribution in [0.5, 0.6) is 0 Å². The predicted molar refractivity (Wildman–Crippen MR) is 175 cm³/mol. The van der Waals surface area contributed by atoms with E-state index in [4.69, 9.17) is 4.99 Å². The van der Waals surface area contributed by atoms with Crippen molar-refractivity contribution in [2.75, 3.05) is 0 Å². The third kappa shape index (κ3) is 5.52. The number of H-pyrrole nitrogens is 3. The molecule has 0 radical (unpaired) electrons. The van der Waals surface area contributed by atoms with Crippen LogP contribution < -0.4 is 10.7 Å². The first-order valence-corrected chi connectivity index (χ1v) is 16.0. The van der Waals surface area contributed by atoms with Gasteiger partial charge in [-0.25, -0.2) is 4.99 Å². The maximum Gasteiger partial charge on any atom is 0.0859 e. The van der Waals surface area contributed by atoms with Crippen LogP contribution in [0.3, 0.4) is 0 Å². The Kier molecular flexibility index (Phi) is 9.49. The molecule has 6 heteroatoms. The second kappa shape index (κ2) is 12.5. The van der Waals surface area contributed by atoms with Crippen molar-refractivity contribution >= 4 is 55.8 Å². The third-order valence-electron chi connectivity index (χ3n) is 8.21. The van der Waals surface area contributed by atoms with Gasteiger partial charge in [-0.15, -0.1) is 0 Å². The monoisotopic (exact) mass is 652 g/mol. The van der Waals surface area contributed by atoms with Crippen molar-refractivity contribution in [3.63, 3.8) is 0 Å². The molecule has 4 nitrogen and oxygen atoms in total. The Morgan fingerprint density at radius 2 is 1.10 bits per heavy atom. The zero-order valence-electron chi connectivity index (χ0n) is 24.7. The highest BCUT2D eigenvalue weighted by atomic mass is 79.9.